The third-order valence-corrected chi connectivity index (χ3v) is 10.6. The van der Waals surface area contributed by atoms with Crippen LogP contribution in [0.4, 0.5) is 0 Å². The summed E-state index contributed by atoms with van der Waals surface area (Å²) in [4.78, 5) is 0. The van der Waals surface area contributed by atoms with E-state index in [0.29, 0.717) is 37.2 Å². The van der Waals surface area contributed by atoms with Crippen molar-refractivity contribution in [3.05, 3.63) is 23.3 Å². The number of hydrogen-bond acceptors (Lipinski definition) is 5. The number of ether oxygens (including phenoxy) is 1. The first-order valence-electron chi connectivity index (χ1n) is 14.2. The zero-order valence-electron chi connectivity index (χ0n) is 22.7. The van der Waals surface area contributed by atoms with Crippen molar-refractivity contribution in [2.75, 3.05) is 13.2 Å². The molecule has 3 saturated carbocycles. The van der Waals surface area contributed by atoms with Gasteiger partial charge in [-0.15, -0.1) is 0 Å². The van der Waals surface area contributed by atoms with Gasteiger partial charge in [0.2, 0.25) is 0 Å². The van der Waals surface area contributed by atoms with Crippen LogP contribution in [0.3, 0.4) is 0 Å². The lowest BCUT2D eigenvalue weighted by atomic mass is 9.49. The highest BCUT2D eigenvalue weighted by Crippen LogP contribution is 2.66. The summed E-state index contributed by atoms with van der Waals surface area (Å²) in [6, 6.07) is 0. The fourth-order valence-corrected chi connectivity index (χ4v) is 8.57. The van der Waals surface area contributed by atoms with Crippen molar-refractivity contribution in [2.24, 2.45) is 34.5 Å². The molecule has 0 saturated heterocycles. The van der Waals surface area contributed by atoms with E-state index in [4.69, 9.17) is 9.84 Å². The Kier molecular flexibility index (Phi) is 7.97. The monoisotopic (exact) mass is 490 g/mol. The minimum Gasteiger partial charge on any atom is -0.396 e. The molecule has 4 N–H and O–H groups in total. The number of rotatable bonds is 9. The number of aliphatic hydroxyl groups excluding tert-OH is 3. The summed E-state index contributed by atoms with van der Waals surface area (Å²) >= 11 is 0. The molecule has 0 aromatic rings. The Morgan fingerprint density at radius 1 is 1.09 bits per heavy atom. The molecule has 4 aliphatic carbocycles. The van der Waals surface area contributed by atoms with Crippen molar-refractivity contribution < 1.29 is 25.2 Å². The first kappa shape index (κ1) is 27.3. The molecule has 5 unspecified atom stereocenters. The second kappa shape index (κ2) is 10.2. The zero-order chi connectivity index (χ0) is 25.6. The third-order valence-electron chi connectivity index (χ3n) is 10.6. The largest absolute Gasteiger partial charge is 0.396 e. The maximum atomic E-state index is 11.6. The molecule has 5 heteroatoms. The molecule has 4 aliphatic rings. The normalized spacial score (nSPS) is 42.0. The van der Waals surface area contributed by atoms with Gasteiger partial charge >= 0.3 is 0 Å². The van der Waals surface area contributed by atoms with Crippen molar-refractivity contribution in [1.82, 2.24) is 0 Å². The van der Waals surface area contributed by atoms with E-state index in [2.05, 4.69) is 32.9 Å². The quantitative estimate of drug-likeness (QED) is 0.350. The van der Waals surface area contributed by atoms with E-state index in [1.54, 1.807) is 0 Å². The molecule has 0 radical (unpaired) electrons. The van der Waals surface area contributed by atoms with Gasteiger partial charge in [-0.2, -0.15) is 0 Å². The number of aliphatic hydroxyl groups is 4. The van der Waals surface area contributed by atoms with E-state index < -0.39 is 29.3 Å². The van der Waals surface area contributed by atoms with Crippen LogP contribution in [0.1, 0.15) is 92.4 Å². The van der Waals surface area contributed by atoms with E-state index in [1.165, 1.54) is 31.3 Å². The van der Waals surface area contributed by atoms with Crippen molar-refractivity contribution in [3.63, 3.8) is 0 Å². The summed E-state index contributed by atoms with van der Waals surface area (Å²) < 4.78 is 5.93. The van der Waals surface area contributed by atoms with Gasteiger partial charge in [0, 0.05) is 18.6 Å². The molecule has 200 valence electrons. The molecule has 0 spiro atoms. The zero-order valence-corrected chi connectivity index (χ0v) is 22.7. The van der Waals surface area contributed by atoms with Crippen molar-refractivity contribution in [2.45, 2.75) is 116 Å². The van der Waals surface area contributed by atoms with Gasteiger partial charge in [0.15, 0.2) is 0 Å². The Labute approximate surface area is 212 Å². The van der Waals surface area contributed by atoms with Crippen LogP contribution in [0.25, 0.3) is 0 Å². The van der Waals surface area contributed by atoms with Crippen molar-refractivity contribution in [3.8, 4) is 0 Å². The molecule has 0 aliphatic heterocycles. The minimum atomic E-state index is -0.757. The summed E-state index contributed by atoms with van der Waals surface area (Å²) in [6.07, 6.45) is 11.3. The van der Waals surface area contributed by atoms with Gasteiger partial charge in [-0.3, -0.25) is 0 Å². The van der Waals surface area contributed by atoms with Crippen LogP contribution in [0.2, 0.25) is 0 Å². The lowest BCUT2D eigenvalue weighted by Gasteiger charge is -2.57. The van der Waals surface area contributed by atoms with Crippen LogP contribution in [0.15, 0.2) is 23.3 Å². The van der Waals surface area contributed by atoms with Crippen LogP contribution >= 0.6 is 0 Å². The van der Waals surface area contributed by atoms with E-state index in [1.807, 2.05) is 13.8 Å². The highest BCUT2D eigenvalue weighted by Gasteiger charge is 2.60. The lowest BCUT2D eigenvalue weighted by Crippen LogP contribution is -2.59. The summed E-state index contributed by atoms with van der Waals surface area (Å²) in [5.74, 6) is 2.18. The average molecular weight is 491 g/mol. The first-order chi connectivity index (χ1) is 16.4. The molecule has 0 aromatic heterocycles. The summed E-state index contributed by atoms with van der Waals surface area (Å²) in [5.41, 5.74) is 1.96. The van der Waals surface area contributed by atoms with Gasteiger partial charge in [0.25, 0.3) is 0 Å². The molecule has 35 heavy (non-hydrogen) atoms. The lowest BCUT2D eigenvalue weighted by molar-refractivity contribution is -0.162. The van der Waals surface area contributed by atoms with Gasteiger partial charge in [-0.05, 0) is 87.9 Å². The van der Waals surface area contributed by atoms with Gasteiger partial charge in [-0.1, -0.05) is 56.9 Å². The Bertz CT molecular complexity index is 812. The van der Waals surface area contributed by atoms with Gasteiger partial charge in [0.05, 0.1) is 17.8 Å². The highest BCUT2D eigenvalue weighted by molar-refractivity contribution is 5.40. The van der Waals surface area contributed by atoms with Crippen LogP contribution in [-0.2, 0) is 4.74 Å². The van der Waals surface area contributed by atoms with Crippen LogP contribution < -0.4 is 0 Å². The Balaban J connectivity index is 1.52. The highest BCUT2D eigenvalue weighted by atomic mass is 16.5. The van der Waals surface area contributed by atoms with Crippen molar-refractivity contribution in [1.29, 1.82) is 0 Å². The molecule has 0 bridgehead atoms. The van der Waals surface area contributed by atoms with Crippen LogP contribution in [0.5, 0.6) is 0 Å². The average Bonchev–Trinajstić information content (AvgIpc) is 3.14. The number of hydrogen-bond donors (Lipinski definition) is 4. The van der Waals surface area contributed by atoms with E-state index in [0.717, 1.165) is 24.8 Å². The molecule has 9 atom stereocenters. The second-order valence-electron chi connectivity index (χ2n) is 13.3. The van der Waals surface area contributed by atoms with Crippen LogP contribution in [-0.4, -0.2) is 57.6 Å². The Morgan fingerprint density at radius 2 is 1.83 bits per heavy atom. The van der Waals surface area contributed by atoms with Gasteiger partial charge < -0.3 is 25.2 Å². The predicted molar refractivity (Wildman–Crippen MR) is 139 cm³/mol. The fourth-order valence-electron chi connectivity index (χ4n) is 8.57. The molecule has 0 amide bonds. The molecule has 0 aromatic carbocycles. The molecule has 0 heterocycles. The fraction of sp³-hybridized carbons (Fsp3) is 0.867. The first-order valence-corrected chi connectivity index (χ1v) is 14.2. The second-order valence-corrected chi connectivity index (χ2v) is 13.3. The Hall–Kier alpha value is -0.720. The maximum absolute atomic E-state index is 11.6. The maximum Gasteiger partial charge on any atom is 0.110 e. The minimum absolute atomic E-state index is 0.0501. The molecule has 4 rings (SSSR count). The predicted octanol–water partition coefficient (Wildman–Crippen LogP) is 4.77. The summed E-state index contributed by atoms with van der Waals surface area (Å²) in [7, 11) is 0. The number of fused-ring (bicyclic) bond motifs is 5. The summed E-state index contributed by atoms with van der Waals surface area (Å²) in [5, 5.41) is 41.6. The molecular formula is C30H50O5. The summed E-state index contributed by atoms with van der Waals surface area (Å²) in [6.45, 7) is 11.4. The standard InChI is InChI=1S/C30H50O5/c1-19(8-6-14-28(2,3)34)22-11-12-23-21-10-9-20-18-25(32)26(35-17-7-16-31)27(33)30(20,5)24(21)13-15-29(22,23)4/h9-10,19,22-27,31-34H,6-8,11-18H2,1-5H3/t19-,22?,23?,24?,25-,26-,27?,29?,30-/m1/s1. The van der Waals surface area contributed by atoms with Crippen LogP contribution in [0, 0.1) is 34.5 Å². The van der Waals surface area contributed by atoms with Crippen molar-refractivity contribution >= 4 is 0 Å². The smallest absolute Gasteiger partial charge is 0.110 e. The number of allylic oxidation sites excluding steroid dienone is 3. The van der Waals surface area contributed by atoms with E-state index >= 15 is 0 Å². The topological polar surface area (TPSA) is 90.2 Å². The third kappa shape index (κ3) is 4.93. The van der Waals surface area contributed by atoms with E-state index in [9.17, 15) is 15.3 Å². The molecular weight excluding hydrogens is 440 g/mol. The Morgan fingerprint density at radius 3 is 2.51 bits per heavy atom. The molecule has 3 fully saturated rings. The molecule has 5 nitrogen and oxygen atoms in total. The van der Waals surface area contributed by atoms with Gasteiger partial charge in [-0.25, -0.2) is 0 Å². The van der Waals surface area contributed by atoms with Gasteiger partial charge in [0.1, 0.15) is 6.10 Å². The SMILES string of the molecule is C[C@H](CCCC(C)(C)O)C1CCC2C3=CC=C4C[C@@H](O)[C@@H](OCCCO)C(O)[C@@]4(C)C3CCC21C. The van der Waals surface area contributed by atoms with E-state index in [-0.39, 0.29) is 17.9 Å².